The number of hydrogen-bond donors (Lipinski definition) is 1. The molecule has 0 radical (unpaired) electrons. The van der Waals surface area contributed by atoms with E-state index in [0.717, 1.165) is 32.2 Å². The molecule has 0 saturated heterocycles. The summed E-state index contributed by atoms with van der Waals surface area (Å²) in [6, 6.07) is 0. The first-order valence-electron chi connectivity index (χ1n) is 4.48. The fourth-order valence-electron chi connectivity index (χ4n) is 0.909. The van der Waals surface area contributed by atoms with Crippen LogP contribution in [-0.2, 0) is 14.0 Å². The van der Waals surface area contributed by atoms with Crippen molar-refractivity contribution >= 4 is 22.4 Å². The molecule has 0 atom stereocenters. The standard InChI is InChI=1S/C7H17NO4S2.Na/c1-8-6-4-2-3-5-7-13-12-14(9,10)11;/h8H,2-7H2,1H3,(H,9,10,11);/q;+1/p-1. The van der Waals surface area contributed by atoms with E-state index in [-0.39, 0.29) is 29.6 Å². The van der Waals surface area contributed by atoms with Crippen LogP contribution in [0.5, 0.6) is 0 Å². The van der Waals surface area contributed by atoms with Crippen molar-refractivity contribution in [2.75, 3.05) is 19.3 Å². The normalized spacial score (nSPS) is 11.1. The first kappa shape index (κ1) is 18.5. The molecular weight excluding hydrogens is 249 g/mol. The SMILES string of the molecule is CNCCCCCCSOS(=O)(=O)[O-].[Na+]. The molecule has 0 rings (SSSR count). The zero-order valence-electron chi connectivity index (χ0n) is 9.19. The minimum atomic E-state index is -4.52. The summed E-state index contributed by atoms with van der Waals surface area (Å²) >= 11 is 0.708. The fourth-order valence-corrected chi connectivity index (χ4v) is 1.97. The number of hydrogen-bond acceptors (Lipinski definition) is 6. The predicted octanol–water partition coefficient (Wildman–Crippen LogP) is -2.10. The van der Waals surface area contributed by atoms with E-state index >= 15 is 0 Å². The Morgan fingerprint density at radius 1 is 1.27 bits per heavy atom. The van der Waals surface area contributed by atoms with Crippen LogP contribution in [0.1, 0.15) is 25.7 Å². The molecule has 0 saturated carbocycles. The molecule has 0 unspecified atom stereocenters. The molecule has 0 heterocycles. The van der Waals surface area contributed by atoms with Gasteiger partial charge in [0.2, 0.25) is 10.4 Å². The molecule has 5 nitrogen and oxygen atoms in total. The first-order chi connectivity index (χ1) is 6.56. The number of unbranched alkanes of at least 4 members (excludes halogenated alkanes) is 3. The van der Waals surface area contributed by atoms with Crippen molar-refractivity contribution in [3.63, 3.8) is 0 Å². The van der Waals surface area contributed by atoms with Gasteiger partial charge in [0.25, 0.3) is 0 Å². The van der Waals surface area contributed by atoms with E-state index in [1.165, 1.54) is 0 Å². The van der Waals surface area contributed by atoms with E-state index < -0.39 is 10.4 Å². The van der Waals surface area contributed by atoms with Crippen LogP contribution in [0.2, 0.25) is 0 Å². The number of nitrogens with one attached hydrogen (secondary N) is 1. The second-order valence-electron chi connectivity index (χ2n) is 2.82. The monoisotopic (exact) mass is 265 g/mol. The Labute approximate surface area is 118 Å². The quantitative estimate of drug-likeness (QED) is 0.169. The average Bonchev–Trinajstić information content (AvgIpc) is 2.08. The van der Waals surface area contributed by atoms with Crippen LogP contribution in [0.15, 0.2) is 0 Å². The molecule has 0 spiro atoms. The third-order valence-corrected chi connectivity index (χ3v) is 3.04. The fraction of sp³-hybridized carbons (Fsp3) is 1.00. The molecule has 0 fully saturated rings. The molecule has 0 aromatic rings. The van der Waals surface area contributed by atoms with E-state index in [9.17, 15) is 13.0 Å². The summed E-state index contributed by atoms with van der Waals surface area (Å²) in [5.74, 6) is 0.543. The molecule has 8 heteroatoms. The van der Waals surface area contributed by atoms with Gasteiger partial charge in [0.15, 0.2) is 0 Å². The molecule has 0 aliphatic carbocycles. The van der Waals surface area contributed by atoms with Crippen molar-refractivity contribution < 1.29 is 46.2 Å². The van der Waals surface area contributed by atoms with E-state index in [1.54, 1.807) is 0 Å². The van der Waals surface area contributed by atoms with Crippen LogP contribution < -0.4 is 34.9 Å². The Morgan fingerprint density at radius 2 is 1.87 bits per heavy atom. The topological polar surface area (TPSA) is 78.5 Å². The summed E-state index contributed by atoms with van der Waals surface area (Å²) in [4.78, 5) is 0. The number of rotatable bonds is 9. The van der Waals surface area contributed by atoms with Gasteiger partial charge in [-0.3, -0.25) is 0 Å². The minimum Gasteiger partial charge on any atom is -0.725 e. The molecule has 0 aliphatic heterocycles. The van der Waals surface area contributed by atoms with Crippen molar-refractivity contribution in [2.45, 2.75) is 25.7 Å². The van der Waals surface area contributed by atoms with Crippen LogP contribution in [0.4, 0.5) is 0 Å². The van der Waals surface area contributed by atoms with Crippen molar-refractivity contribution in [3.8, 4) is 0 Å². The average molecular weight is 265 g/mol. The van der Waals surface area contributed by atoms with Gasteiger partial charge in [-0.25, -0.2) is 12.0 Å². The zero-order chi connectivity index (χ0) is 10.9. The largest absolute Gasteiger partial charge is 1.00 e. The summed E-state index contributed by atoms with van der Waals surface area (Å²) in [5, 5.41) is 3.04. The maximum Gasteiger partial charge on any atom is 1.00 e. The molecule has 0 aromatic carbocycles. The molecule has 0 aliphatic rings. The van der Waals surface area contributed by atoms with Crippen LogP contribution >= 0.6 is 12.0 Å². The third kappa shape index (κ3) is 17.8. The zero-order valence-corrected chi connectivity index (χ0v) is 12.8. The Balaban J connectivity index is 0. The Bertz CT molecular complexity index is 223. The van der Waals surface area contributed by atoms with Crippen molar-refractivity contribution in [2.24, 2.45) is 0 Å². The molecule has 86 valence electrons. The van der Waals surface area contributed by atoms with Gasteiger partial charge in [-0.15, -0.1) is 0 Å². The Hall–Kier alpha value is 1.18. The molecule has 15 heavy (non-hydrogen) atoms. The smallest absolute Gasteiger partial charge is 0.725 e. The Morgan fingerprint density at radius 3 is 2.40 bits per heavy atom. The predicted molar refractivity (Wildman–Crippen MR) is 55.6 cm³/mol. The van der Waals surface area contributed by atoms with Crippen molar-refractivity contribution in [3.05, 3.63) is 0 Å². The second kappa shape index (κ2) is 11.7. The maximum absolute atomic E-state index is 10.00. The Kier molecular flexibility index (Phi) is 14.4. The summed E-state index contributed by atoms with van der Waals surface area (Å²) in [6.07, 6.45) is 4.11. The van der Waals surface area contributed by atoms with Crippen LogP contribution in [0.25, 0.3) is 0 Å². The summed E-state index contributed by atoms with van der Waals surface area (Å²) < 4.78 is 34.0. The first-order valence-corrected chi connectivity index (χ1v) is 6.72. The van der Waals surface area contributed by atoms with Gasteiger partial charge in [0, 0.05) is 17.8 Å². The van der Waals surface area contributed by atoms with E-state index in [4.69, 9.17) is 0 Å². The van der Waals surface area contributed by atoms with Gasteiger partial charge >= 0.3 is 29.6 Å². The molecule has 0 bridgehead atoms. The van der Waals surface area contributed by atoms with Crippen molar-refractivity contribution in [1.29, 1.82) is 0 Å². The van der Waals surface area contributed by atoms with E-state index in [0.29, 0.717) is 17.8 Å². The van der Waals surface area contributed by atoms with Gasteiger partial charge in [-0.2, -0.15) is 0 Å². The maximum atomic E-state index is 10.00. The van der Waals surface area contributed by atoms with Gasteiger partial charge < -0.3 is 9.87 Å². The molecular formula is C7H16NNaO4S2. The second-order valence-corrected chi connectivity index (χ2v) is 4.82. The van der Waals surface area contributed by atoms with Crippen LogP contribution in [0, 0.1) is 0 Å². The van der Waals surface area contributed by atoms with E-state index in [2.05, 4.69) is 8.95 Å². The van der Waals surface area contributed by atoms with E-state index in [1.807, 2.05) is 7.05 Å². The molecule has 1 N–H and O–H groups in total. The van der Waals surface area contributed by atoms with Gasteiger partial charge in [0.1, 0.15) is 0 Å². The van der Waals surface area contributed by atoms with Crippen molar-refractivity contribution in [1.82, 2.24) is 5.32 Å². The van der Waals surface area contributed by atoms with Crippen LogP contribution in [-0.4, -0.2) is 32.3 Å². The van der Waals surface area contributed by atoms with Crippen LogP contribution in [0.3, 0.4) is 0 Å². The van der Waals surface area contributed by atoms with Gasteiger partial charge in [0.05, 0.1) is 0 Å². The summed E-state index contributed by atoms with van der Waals surface area (Å²) in [6.45, 7) is 0.999. The molecule has 0 aromatic heterocycles. The summed E-state index contributed by atoms with van der Waals surface area (Å²) in [5.41, 5.74) is 0. The summed E-state index contributed by atoms with van der Waals surface area (Å²) in [7, 11) is -2.62. The van der Waals surface area contributed by atoms with Gasteiger partial charge in [-0.1, -0.05) is 12.8 Å². The van der Waals surface area contributed by atoms with Gasteiger partial charge in [-0.05, 0) is 26.4 Å². The minimum absolute atomic E-state index is 0. The third-order valence-electron chi connectivity index (χ3n) is 1.54. The molecule has 0 amide bonds.